The van der Waals surface area contributed by atoms with Crippen molar-refractivity contribution in [3.63, 3.8) is 0 Å². The summed E-state index contributed by atoms with van der Waals surface area (Å²) in [7, 11) is 0. The lowest BCUT2D eigenvalue weighted by Crippen LogP contribution is -2.32. The molecule has 1 heterocycles. The van der Waals surface area contributed by atoms with E-state index in [1.165, 1.54) is 30.3 Å². The highest BCUT2D eigenvalue weighted by molar-refractivity contribution is 6.54. The molecule has 3 aromatic carbocycles. The van der Waals surface area contributed by atoms with E-state index in [2.05, 4.69) is 10.6 Å². The second-order valence-electron chi connectivity index (χ2n) is 7.14. The zero-order valence-electron chi connectivity index (χ0n) is 17.1. The molecule has 12 heteroatoms. The summed E-state index contributed by atoms with van der Waals surface area (Å²) < 4.78 is 0. The second-order valence-corrected chi connectivity index (χ2v) is 9.55. The average molecular weight is 590 g/mol. The Kier molecular flexibility index (Phi) is 7.52. The monoisotopic (exact) mass is 587 g/mol. The van der Waals surface area contributed by atoms with E-state index in [1.54, 1.807) is 24.3 Å². The van der Waals surface area contributed by atoms with E-state index in [1.807, 2.05) is 0 Å². The van der Waals surface area contributed by atoms with Gasteiger partial charge in [0.25, 0.3) is 17.7 Å². The summed E-state index contributed by atoms with van der Waals surface area (Å²) in [5, 5.41) is 6.18. The van der Waals surface area contributed by atoms with E-state index in [-0.39, 0.29) is 37.4 Å². The number of halogens is 6. The Balaban J connectivity index is 1.50. The second kappa shape index (κ2) is 10.3. The fraction of sp³-hybridized carbons (Fsp3) is 0. The molecule has 2 N–H and O–H groups in total. The minimum Gasteiger partial charge on any atom is -0.350 e. The van der Waals surface area contributed by atoms with E-state index in [0.29, 0.717) is 27.0 Å². The van der Waals surface area contributed by atoms with Crippen LogP contribution in [-0.2, 0) is 9.59 Å². The standard InChI is InChI=1S/C23H11Cl6N3O3/c24-13-6-5-12(7-14(13)25)31-21(33)10-1-3-11(4-2-10)30-20-19(29)22(34)32(23(20)35)18-9-16(27)15(26)8-17(18)28/h1-9,30H,(H,31,33). The fourth-order valence-electron chi connectivity index (χ4n) is 3.14. The number of rotatable bonds is 5. The maximum atomic E-state index is 13.0. The van der Waals surface area contributed by atoms with Gasteiger partial charge >= 0.3 is 0 Å². The van der Waals surface area contributed by atoms with Gasteiger partial charge in [0.1, 0.15) is 10.7 Å². The molecular weight excluding hydrogens is 579 g/mol. The van der Waals surface area contributed by atoms with Crippen molar-refractivity contribution >= 4 is 104 Å². The summed E-state index contributed by atoms with van der Waals surface area (Å²) in [4.78, 5) is 39.0. The van der Waals surface area contributed by atoms with Gasteiger partial charge in [-0.25, -0.2) is 4.90 Å². The van der Waals surface area contributed by atoms with Crippen molar-refractivity contribution in [2.75, 3.05) is 15.5 Å². The maximum Gasteiger partial charge on any atom is 0.283 e. The van der Waals surface area contributed by atoms with E-state index < -0.39 is 11.8 Å². The van der Waals surface area contributed by atoms with Crippen molar-refractivity contribution in [3.8, 4) is 0 Å². The van der Waals surface area contributed by atoms with Crippen LogP contribution >= 0.6 is 69.6 Å². The molecule has 0 aromatic heterocycles. The van der Waals surface area contributed by atoms with Gasteiger partial charge in [-0.15, -0.1) is 0 Å². The van der Waals surface area contributed by atoms with E-state index in [9.17, 15) is 14.4 Å². The molecule has 178 valence electrons. The van der Waals surface area contributed by atoms with Gasteiger partial charge in [0, 0.05) is 16.9 Å². The summed E-state index contributed by atoms with van der Waals surface area (Å²) in [5.74, 6) is -1.90. The normalized spacial score (nSPS) is 13.5. The summed E-state index contributed by atoms with van der Waals surface area (Å²) in [6, 6.07) is 13.5. The first-order chi connectivity index (χ1) is 16.6. The minimum atomic E-state index is -0.780. The van der Waals surface area contributed by atoms with Crippen LogP contribution < -0.4 is 15.5 Å². The Bertz CT molecular complexity index is 1420. The molecule has 0 unspecified atom stereocenters. The quantitative estimate of drug-likeness (QED) is 0.237. The number of nitrogens with zero attached hydrogens (tertiary/aromatic N) is 1. The lowest BCUT2D eigenvalue weighted by atomic mass is 10.2. The number of imide groups is 1. The van der Waals surface area contributed by atoms with Gasteiger partial charge in [0.05, 0.1) is 30.8 Å². The van der Waals surface area contributed by atoms with Gasteiger partial charge < -0.3 is 10.6 Å². The summed E-state index contributed by atoms with van der Waals surface area (Å²) in [6.45, 7) is 0. The van der Waals surface area contributed by atoms with Crippen LogP contribution in [0.15, 0.2) is 65.3 Å². The Morgan fingerprint density at radius 1 is 0.657 bits per heavy atom. The van der Waals surface area contributed by atoms with Gasteiger partial charge in [-0.2, -0.15) is 0 Å². The number of carbonyl (C=O) groups excluding carboxylic acids is 3. The Labute approximate surface area is 229 Å². The molecule has 0 bridgehead atoms. The van der Waals surface area contributed by atoms with Crippen molar-refractivity contribution in [2.24, 2.45) is 0 Å². The first-order valence-corrected chi connectivity index (χ1v) is 11.9. The van der Waals surface area contributed by atoms with Gasteiger partial charge in [-0.05, 0) is 54.6 Å². The number of carbonyl (C=O) groups is 3. The molecule has 0 saturated carbocycles. The first kappa shape index (κ1) is 25.6. The Morgan fingerprint density at radius 3 is 1.91 bits per heavy atom. The molecule has 6 nitrogen and oxygen atoms in total. The van der Waals surface area contributed by atoms with E-state index in [4.69, 9.17) is 69.6 Å². The van der Waals surface area contributed by atoms with Crippen molar-refractivity contribution in [2.45, 2.75) is 0 Å². The lowest BCUT2D eigenvalue weighted by Gasteiger charge is -2.17. The van der Waals surface area contributed by atoms with Crippen molar-refractivity contribution < 1.29 is 14.4 Å². The third-order valence-corrected chi connectivity index (χ3v) is 6.97. The average Bonchev–Trinajstić information content (AvgIpc) is 3.02. The highest BCUT2D eigenvalue weighted by atomic mass is 35.5. The summed E-state index contributed by atoms with van der Waals surface area (Å²) in [5.41, 5.74) is 1.10. The van der Waals surface area contributed by atoms with Crippen LogP contribution in [0.25, 0.3) is 0 Å². The predicted octanol–water partition coefficient (Wildman–Crippen LogP) is 7.64. The molecule has 0 fully saturated rings. The number of nitrogens with one attached hydrogen (secondary N) is 2. The van der Waals surface area contributed by atoms with Crippen LogP contribution in [-0.4, -0.2) is 17.7 Å². The zero-order chi connectivity index (χ0) is 25.4. The molecule has 1 aliphatic heterocycles. The molecule has 3 aromatic rings. The maximum absolute atomic E-state index is 13.0. The van der Waals surface area contributed by atoms with Gasteiger partial charge in [0.2, 0.25) is 0 Å². The number of anilines is 3. The number of amides is 3. The highest BCUT2D eigenvalue weighted by Gasteiger charge is 2.40. The largest absolute Gasteiger partial charge is 0.350 e. The molecule has 0 radical (unpaired) electrons. The summed E-state index contributed by atoms with van der Waals surface area (Å²) >= 11 is 36.1. The third kappa shape index (κ3) is 5.23. The number of hydrogen-bond acceptors (Lipinski definition) is 4. The SMILES string of the molecule is O=C(Nc1ccc(Cl)c(Cl)c1)c1ccc(NC2=C(Cl)C(=O)N(c3cc(Cl)c(Cl)cc3Cl)C2=O)cc1. The molecule has 3 amide bonds. The molecular formula is C23H11Cl6N3O3. The Hall–Kier alpha value is -2.45. The van der Waals surface area contributed by atoms with Crippen molar-refractivity contribution in [1.82, 2.24) is 0 Å². The molecule has 35 heavy (non-hydrogen) atoms. The van der Waals surface area contributed by atoms with Gasteiger partial charge in [-0.3, -0.25) is 14.4 Å². The van der Waals surface area contributed by atoms with Gasteiger partial charge in [-0.1, -0.05) is 69.6 Å². The fourth-order valence-corrected chi connectivity index (χ4v) is 4.28. The van der Waals surface area contributed by atoms with Crippen LogP contribution in [0.3, 0.4) is 0 Å². The van der Waals surface area contributed by atoms with Crippen LogP contribution in [0, 0.1) is 0 Å². The Morgan fingerprint density at radius 2 is 1.26 bits per heavy atom. The molecule has 4 rings (SSSR count). The molecule has 0 saturated heterocycles. The number of benzene rings is 3. The third-order valence-electron chi connectivity index (χ3n) is 4.85. The van der Waals surface area contributed by atoms with Crippen molar-refractivity contribution in [3.05, 3.63) is 96.0 Å². The first-order valence-electron chi connectivity index (χ1n) is 9.63. The zero-order valence-corrected chi connectivity index (χ0v) is 21.7. The minimum absolute atomic E-state index is 0.0420. The van der Waals surface area contributed by atoms with Crippen LogP contribution in [0.1, 0.15) is 10.4 Å². The topological polar surface area (TPSA) is 78.5 Å². The predicted molar refractivity (Wildman–Crippen MR) is 141 cm³/mol. The summed E-state index contributed by atoms with van der Waals surface area (Å²) in [6.07, 6.45) is 0. The van der Waals surface area contributed by atoms with E-state index in [0.717, 1.165) is 4.90 Å². The lowest BCUT2D eigenvalue weighted by molar-refractivity contribution is -0.120. The number of hydrogen-bond donors (Lipinski definition) is 2. The van der Waals surface area contributed by atoms with Crippen molar-refractivity contribution in [1.29, 1.82) is 0 Å². The molecule has 1 aliphatic rings. The van der Waals surface area contributed by atoms with Crippen LogP contribution in [0.4, 0.5) is 17.1 Å². The van der Waals surface area contributed by atoms with Crippen LogP contribution in [0.5, 0.6) is 0 Å². The molecule has 0 aliphatic carbocycles. The smallest absolute Gasteiger partial charge is 0.283 e. The molecule has 0 atom stereocenters. The van der Waals surface area contributed by atoms with E-state index >= 15 is 0 Å². The molecule has 0 spiro atoms. The van der Waals surface area contributed by atoms with Gasteiger partial charge in [0.15, 0.2) is 0 Å². The highest BCUT2D eigenvalue weighted by Crippen LogP contribution is 2.38. The van der Waals surface area contributed by atoms with Crippen LogP contribution in [0.2, 0.25) is 25.1 Å².